The molecule has 1 atom stereocenters. The Bertz CT molecular complexity index is 535. The van der Waals surface area contributed by atoms with Crippen LogP contribution in [-0.4, -0.2) is 24.4 Å². The molecule has 0 spiro atoms. The van der Waals surface area contributed by atoms with Crippen molar-refractivity contribution in [3.63, 3.8) is 0 Å². The second-order valence-electron chi connectivity index (χ2n) is 5.71. The fourth-order valence-corrected chi connectivity index (χ4v) is 2.76. The number of hydrogen-bond donors (Lipinski definition) is 1. The highest BCUT2D eigenvalue weighted by Crippen LogP contribution is 2.31. The minimum Gasteiger partial charge on any atom is -0.354 e. The number of nitrogens with zero attached hydrogens (tertiary/aromatic N) is 1. The number of nitrogens with one attached hydrogen (secondary N) is 1. The molecule has 0 bridgehead atoms. The first kappa shape index (κ1) is 18.5. The topological polar surface area (TPSA) is 49.4 Å². The number of carbonyl (C=O) groups excluding carboxylic acids is 2. The van der Waals surface area contributed by atoms with Gasteiger partial charge in [0, 0.05) is 25.9 Å². The number of amides is 2. The van der Waals surface area contributed by atoms with E-state index in [9.17, 15) is 9.59 Å². The monoisotopic (exact) mass is 324 g/mol. The van der Waals surface area contributed by atoms with Crippen molar-refractivity contribution in [3.8, 4) is 0 Å². The van der Waals surface area contributed by atoms with Crippen LogP contribution in [-0.2, 0) is 9.59 Å². The molecular formula is C17H25ClN2O2. The lowest BCUT2D eigenvalue weighted by atomic mass is 10.1. The minimum absolute atomic E-state index is 0.0542. The van der Waals surface area contributed by atoms with Gasteiger partial charge in [-0.3, -0.25) is 9.59 Å². The number of aryl methyl sites for hydroxylation is 2. The third kappa shape index (κ3) is 5.02. The number of anilines is 1. The molecule has 0 fully saturated rings. The average Bonchev–Trinajstić information content (AvgIpc) is 2.40. The SMILES string of the molecule is CCC(C)NC(=O)CCN(C(C)=O)c1c(C)cc(C)cc1Cl. The molecule has 0 saturated carbocycles. The van der Waals surface area contributed by atoms with Crippen LogP contribution in [0.5, 0.6) is 0 Å². The van der Waals surface area contributed by atoms with Crippen molar-refractivity contribution in [3.05, 3.63) is 28.3 Å². The van der Waals surface area contributed by atoms with Gasteiger partial charge >= 0.3 is 0 Å². The van der Waals surface area contributed by atoms with E-state index in [1.807, 2.05) is 39.8 Å². The normalized spacial score (nSPS) is 11.9. The first-order valence-corrected chi connectivity index (χ1v) is 7.98. The summed E-state index contributed by atoms with van der Waals surface area (Å²) in [5.41, 5.74) is 2.67. The van der Waals surface area contributed by atoms with Crippen LogP contribution in [0.15, 0.2) is 12.1 Å². The summed E-state index contributed by atoms with van der Waals surface area (Å²) >= 11 is 6.30. The summed E-state index contributed by atoms with van der Waals surface area (Å²) in [7, 11) is 0. The predicted octanol–water partition coefficient (Wildman–Crippen LogP) is 3.61. The van der Waals surface area contributed by atoms with Crippen molar-refractivity contribution >= 4 is 29.1 Å². The van der Waals surface area contributed by atoms with Gasteiger partial charge in [-0.2, -0.15) is 0 Å². The smallest absolute Gasteiger partial charge is 0.223 e. The van der Waals surface area contributed by atoms with Gasteiger partial charge in [0.25, 0.3) is 0 Å². The van der Waals surface area contributed by atoms with Crippen LogP contribution in [0, 0.1) is 13.8 Å². The van der Waals surface area contributed by atoms with E-state index < -0.39 is 0 Å². The zero-order chi connectivity index (χ0) is 16.9. The zero-order valence-corrected chi connectivity index (χ0v) is 14.8. The van der Waals surface area contributed by atoms with Crippen LogP contribution in [0.1, 0.15) is 44.7 Å². The lowest BCUT2D eigenvalue weighted by molar-refractivity contribution is -0.121. The molecular weight excluding hydrogens is 300 g/mol. The van der Waals surface area contributed by atoms with E-state index in [1.165, 1.54) is 6.92 Å². The van der Waals surface area contributed by atoms with Crippen LogP contribution in [0.2, 0.25) is 5.02 Å². The molecule has 0 radical (unpaired) electrons. The highest BCUT2D eigenvalue weighted by molar-refractivity contribution is 6.34. The molecule has 0 aliphatic heterocycles. The zero-order valence-electron chi connectivity index (χ0n) is 14.0. The second kappa shape index (κ2) is 8.18. The lowest BCUT2D eigenvalue weighted by Crippen LogP contribution is -2.37. The van der Waals surface area contributed by atoms with Crippen LogP contribution < -0.4 is 10.2 Å². The maximum absolute atomic E-state index is 12.0. The van der Waals surface area contributed by atoms with Crippen molar-refractivity contribution in [2.24, 2.45) is 0 Å². The third-order valence-electron chi connectivity index (χ3n) is 3.63. The van der Waals surface area contributed by atoms with Gasteiger partial charge < -0.3 is 10.2 Å². The Kier molecular flexibility index (Phi) is 6.88. The largest absolute Gasteiger partial charge is 0.354 e. The van der Waals surface area contributed by atoms with Crippen molar-refractivity contribution in [1.82, 2.24) is 5.32 Å². The van der Waals surface area contributed by atoms with Gasteiger partial charge in [0.2, 0.25) is 11.8 Å². The van der Waals surface area contributed by atoms with E-state index in [0.717, 1.165) is 17.5 Å². The van der Waals surface area contributed by atoms with Crippen molar-refractivity contribution in [2.45, 2.75) is 53.5 Å². The fraction of sp³-hybridized carbons (Fsp3) is 0.529. The quantitative estimate of drug-likeness (QED) is 0.869. The average molecular weight is 325 g/mol. The Hall–Kier alpha value is -1.55. The molecule has 1 N–H and O–H groups in total. The molecule has 0 saturated heterocycles. The van der Waals surface area contributed by atoms with Crippen LogP contribution in [0.3, 0.4) is 0 Å². The van der Waals surface area contributed by atoms with Gasteiger partial charge in [-0.1, -0.05) is 24.6 Å². The molecule has 0 heterocycles. The van der Waals surface area contributed by atoms with Gasteiger partial charge in [0.15, 0.2) is 0 Å². The van der Waals surface area contributed by atoms with Gasteiger partial charge in [0.05, 0.1) is 10.7 Å². The Morgan fingerprint density at radius 1 is 1.32 bits per heavy atom. The summed E-state index contributed by atoms with van der Waals surface area (Å²) in [6.45, 7) is 9.66. The van der Waals surface area contributed by atoms with E-state index in [1.54, 1.807) is 4.90 Å². The van der Waals surface area contributed by atoms with Crippen LogP contribution >= 0.6 is 11.6 Å². The standard InChI is InChI=1S/C17H25ClN2O2/c1-6-13(4)19-16(22)7-8-20(14(5)21)17-12(3)9-11(2)10-15(17)18/h9-10,13H,6-8H2,1-5H3,(H,19,22). The van der Waals surface area contributed by atoms with E-state index in [2.05, 4.69) is 5.32 Å². The summed E-state index contributed by atoms with van der Waals surface area (Å²) in [6, 6.07) is 3.96. The summed E-state index contributed by atoms with van der Waals surface area (Å²) in [5, 5.41) is 3.44. The van der Waals surface area contributed by atoms with Crippen molar-refractivity contribution in [1.29, 1.82) is 0 Å². The molecule has 4 nitrogen and oxygen atoms in total. The predicted molar refractivity (Wildman–Crippen MR) is 91.5 cm³/mol. The van der Waals surface area contributed by atoms with Gasteiger partial charge in [-0.05, 0) is 44.4 Å². The molecule has 0 aliphatic carbocycles. The molecule has 0 aromatic heterocycles. The Morgan fingerprint density at radius 2 is 1.95 bits per heavy atom. The Balaban J connectivity index is 2.88. The highest BCUT2D eigenvalue weighted by atomic mass is 35.5. The van der Waals surface area contributed by atoms with E-state index in [4.69, 9.17) is 11.6 Å². The molecule has 122 valence electrons. The minimum atomic E-state index is -0.120. The van der Waals surface area contributed by atoms with Crippen molar-refractivity contribution in [2.75, 3.05) is 11.4 Å². The van der Waals surface area contributed by atoms with Gasteiger partial charge in [0.1, 0.15) is 0 Å². The Labute approximate surface area is 137 Å². The highest BCUT2D eigenvalue weighted by Gasteiger charge is 2.19. The first-order valence-electron chi connectivity index (χ1n) is 7.60. The molecule has 2 amide bonds. The molecule has 5 heteroatoms. The molecule has 1 aromatic rings. The molecule has 1 aromatic carbocycles. The maximum atomic E-state index is 12.0. The first-order chi connectivity index (χ1) is 10.3. The Morgan fingerprint density at radius 3 is 2.45 bits per heavy atom. The number of halogens is 1. The maximum Gasteiger partial charge on any atom is 0.223 e. The summed E-state index contributed by atoms with van der Waals surface area (Å²) in [6.07, 6.45) is 1.14. The molecule has 1 unspecified atom stereocenters. The van der Waals surface area contributed by atoms with E-state index in [-0.39, 0.29) is 24.3 Å². The second-order valence-corrected chi connectivity index (χ2v) is 6.12. The number of hydrogen-bond acceptors (Lipinski definition) is 2. The van der Waals surface area contributed by atoms with Gasteiger partial charge in [-0.15, -0.1) is 0 Å². The summed E-state index contributed by atoms with van der Waals surface area (Å²) < 4.78 is 0. The molecule has 1 rings (SSSR count). The molecule has 22 heavy (non-hydrogen) atoms. The third-order valence-corrected chi connectivity index (χ3v) is 3.92. The summed E-state index contributed by atoms with van der Waals surface area (Å²) in [5.74, 6) is -0.174. The number of benzene rings is 1. The van der Waals surface area contributed by atoms with Crippen LogP contribution in [0.4, 0.5) is 5.69 Å². The number of rotatable bonds is 6. The lowest BCUT2D eigenvalue weighted by Gasteiger charge is -2.25. The van der Waals surface area contributed by atoms with E-state index >= 15 is 0 Å². The summed E-state index contributed by atoms with van der Waals surface area (Å²) in [4.78, 5) is 25.4. The number of carbonyl (C=O) groups is 2. The van der Waals surface area contributed by atoms with Crippen LogP contribution in [0.25, 0.3) is 0 Å². The van der Waals surface area contributed by atoms with Crippen molar-refractivity contribution < 1.29 is 9.59 Å². The molecule has 0 aliphatic rings. The fourth-order valence-electron chi connectivity index (χ4n) is 2.34. The van der Waals surface area contributed by atoms with E-state index in [0.29, 0.717) is 17.3 Å². The van der Waals surface area contributed by atoms with Gasteiger partial charge in [-0.25, -0.2) is 0 Å².